The summed E-state index contributed by atoms with van der Waals surface area (Å²) >= 11 is 0. The van der Waals surface area contributed by atoms with Gasteiger partial charge in [-0.1, -0.05) is 0 Å². The maximum Gasteiger partial charge on any atom is 0.0641 e. The van der Waals surface area contributed by atoms with Crippen LogP contribution in [0.3, 0.4) is 0 Å². The van der Waals surface area contributed by atoms with E-state index in [-0.39, 0.29) is 0 Å². The van der Waals surface area contributed by atoms with Crippen LogP contribution in [-0.4, -0.2) is 37.3 Å². The number of anilines is 1. The molecule has 0 atom stereocenters. The van der Waals surface area contributed by atoms with Gasteiger partial charge in [-0.25, -0.2) is 0 Å². The summed E-state index contributed by atoms with van der Waals surface area (Å²) in [5.74, 6) is 0. The number of ether oxygens (including phenoxy) is 1. The van der Waals surface area contributed by atoms with Gasteiger partial charge in [-0.3, -0.25) is 4.98 Å². The average Bonchev–Trinajstić information content (AvgIpc) is 3.24. The van der Waals surface area contributed by atoms with Gasteiger partial charge in [-0.2, -0.15) is 0 Å². The van der Waals surface area contributed by atoms with E-state index in [9.17, 15) is 0 Å². The molecule has 0 bridgehead atoms. The molecule has 4 nitrogen and oxygen atoms in total. The summed E-state index contributed by atoms with van der Waals surface area (Å²) in [7, 11) is 0. The molecule has 1 N–H and O–H groups in total. The fourth-order valence-corrected chi connectivity index (χ4v) is 2.39. The molecule has 1 aromatic heterocycles. The van der Waals surface area contributed by atoms with Crippen molar-refractivity contribution in [3.8, 4) is 0 Å². The minimum absolute atomic E-state index is 0.741. The van der Waals surface area contributed by atoms with E-state index >= 15 is 0 Å². The zero-order chi connectivity index (χ0) is 12.2. The Labute approximate surface area is 108 Å². The molecule has 2 heterocycles. The molecule has 1 aliphatic carbocycles. The van der Waals surface area contributed by atoms with Crippen molar-refractivity contribution in [1.82, 2.24) is 10.3 Å². The van der Waals surface area contributed by atoms with E-state index in [1.807, 2.05) is 12.4 Å². The smallest absolute Gasteiger partial charge is 0.0641 e. The van der Waals surface area contributed by atoms with Crippen LogP contribution in [0, 0.1) is 0 Å². The number of nitrogens with one attached hydrogen (secondary N) is 1. The zero-order valence-corrected chi connectivity index (χ0v) is 10.8. The summed E-state index contributed by atoms with van der Waals surface area (Å²) in [6.07, 6.45) is 7.65. The number of aromatic nitrogens is 1. The lowest BCUT2D eigenvalue weighted by Gasteiger charge is -2.24. The summed E-state index contributed by atoms with van der Waals surface area (Å²) in [6.45, 7) is 4.72. The zero-order valence-electron chi connectivity index (χ0n) is 10.8. The van der Waals surface area contributed by atoms with E-state index < -0.39 is 0 Å². The van der Waals surface area contributed by atoms with Gasteiger partial charge in [0.1, 0.15) is 0 Å². The second kappa shape index (κ2) is 5.67. The fraction of sp³-hybridized carbons (Fsp3) is 0.643. The summed E-state index contributed by atoms with van der Waals surface area (Å²) in [4.78, 5) is 6.69. The van der Waals surface area contributed by atoms with Crippen LogP contribution in [0.2, 0.25) is 0 Å². The molecule has 3 rings (SSSR count). The van der Waals surface area contributed by atoms with Crippen LogP contribution in [0.4, 0.5) is 5.69 Å². The molecule has 1 aromatic rings. The van der Waals surface area contributed by atoms with Crippen molar-refractivity contribution >= 4 is 5.69 Å². The lowest BCUT2D eigenvalue weighted by Crippen LogP contribution is -2.28. The summed E-state index contributed by atoms with van der Waals surface area (Å²) < 4.78 is 5.52. The van der Waals surface area contributed by atoms with E-state index in [1.165, 1.54) is 24.1 Å². The predicted octanol–water partition coefficient (Wildman–Crippen LogP) is 1.56. The second-order valence-corrected chi connectivity index (χ2v) is 5.11. The minimum atomic E-state index is 0.741. The van der Waals surface area contributed by atoms with Gasteiger partial charge >= 0.3 is 0 Å². The molecule has 0 aromatic carbocycles. The van der Waals surface area contributed by atoms with Crippen LogP contribution in [0.1, 0.15) is 24.8 Å². The van der Waals surface area contributed by atoms with Crippen molar-refractivity contribution in [2.75, 3.05) is 31.2 Å². The third-order valence-electron chi connectivity index (χ3n) is 3.60. The van der Waals surface area contributed by atoms with Gasteiger partial charge in [0.2, 0.25) is 0 Å². The molecule has 4 heteroatoms. The predicted molar refractivity (Wildman–Crippen MR) is 71.7 cm³/mol. The number of rotatable bonds is 4. The monoisotopic (exact) mass is 247 g/mol. The molecule has 2 fully saturated rings. The third-order valence-corrected chi connectivity index (χ3v) is 3.60. The molecule has 1 saturated carbocycles. The molecule has 0 unspecified atom stereocenters. The van der Waals surface area contributed by atoms with E-state index in [4.69, 9.17) is 4.74 Å². The third kappa shape index (κ3) is 3.00. The van der Waals surface area contributed by atoms with Crippen molar-refractivity contribution in [3.63, 3.8) is 0 Å². The van der Waals surface area contributed by atoms with Gasteiger partial charge < -0.3 is 15.0 Å². The van der Waals surface area contributed by atoms with Crippen LogP contribution in [0.25, 0.3) is 0 Å². The van der Waals surface area contributed by atoms with Gasteiger partial charge in [-0.15, -0.1) is 0 Å². The first kappa shape index (κ1) is 11.9. The van der Waals surface area contributed by atoms with Gasteiger partial charge in [0.05, 0.1) is 6.61 Å². The summed E-state index contributed by atoms with van der Waals surface area (Å²) in [5.41, 5.74) is 2.63. The lowest BCUT2D eigenvalue weighted by molar-refractivity contribution is 0.152. The second-order valence-electron chi connectivity index (χ2n) is 5.11. The highest BCUT2D eigenvalue weighted by molar-refractivity contribution is 5.52. The van der Waals surface area contributed by atoms with Crippen LogP contribution in [-0.2, 0) is 11.3 Å². The minimum Gasteiger partial charge on any atom is -0.380 e. The summed E-state index contributed by atoms with van der Waals surface area (Å²) in [5, 5.41) is 3.57. The van der Waals surface area contributed by atoms with E-state index in [0.717, 1.165) is 45.3 Å². The standard InChI is InChI=1S/C14H21N3O/c1-6-17(7-9-18-8-1)14-4-5-15-10-12(14)11-16-13-2-3-13/h4-5,10,13,16H,1-3,6-9,11H2. The highest BCUT2D eigenvalue weighted by atomic mass is 16.5. The van der Waals surface area contributed by atoms with E-state index in [2.05, 4.69) is 21.3 Å². The topological polar surface area (TPSA) is 37.4 Å². The Morgan fingerprint density at radius 1 is 1.33 bits per heavy atom. The van der Waals surface area contributed by atoms with Gasteiger partial charge in [0, 0.05) is 55.9 Å². The maximum atomic E-state index is 5.52. The van der Waals surface area contributed by atoms with Gasteiger partial charge in [0.15, 0.2) is 0 Å². The number of pyridine rings is 1. The Morgan fingerprint density at radius 2 is 2.28 bits per heavy atom. The first-order chi connectivity index (χ1) is 8.93. The molecule has 0 spiro atoms. The van der Waals surface area contributed by atoms with E-state index in [1.54, 1.807) is 0 Å². The largest absolute Gasteiger partial charge is 0.380 e. The van der Waals surface area contributed by atoms with Crippen LogP contribution < -0.4 is 10.2 Å². The molecule has 2 aliphatic rings. The van der Waals surface area contributed by atoms with Crippen LogP contribution in [0.15, 0.2) is 18.5 Å². The van der Waals surface area contributed by atoms with Crippen molar-refractivity contribution in [2.24, 2.45) is 0 Å². The molecule has 1 aliphatic heterocycles. The SMILES string of the molecule is c1cc(N2CCCOCC2)c(CNC2CC2)cn1. The number of hydrogen-bond donors (Lipinski definition) is 1. The molecular formula is C14H21N3O. The van der Waals surface area contributed by atoms with Crippen molar-refractivity contribution < 1.29 is 4.74 Å². The highest BCUT2D eigenvalue weighted by Gasteiger charge is 2.21. The Hall–Kier alpha value is -1.13. The Morgan fingerprint density at radius 3 is 3.17 bits per heavy atom. The lowest BCUT2D eigenvalue weighted by atomic mass is 10.2. The molecule has 0 radical (unpaired) electrons. The highest BCUT2D eigenvalue weighted by Crippen LogP contribution is 2.23. The number of nitrogens with zero attached hydrogens (tertiary/aromatic N) is 2. The van der Waals surface area contributed by atoms with E-state index in [0.29, 0.717) is 0 Å². The van der Waals surface area contributed by atoms with Crippen LogP contribution >= 0.6 is 0 Å². The normalized spacial score (nSPS) is 20.8. The molecule has 18 heavy (non-hydrogen) atoms. The molecule has 0 amide bonds. The van der Waals surface area contributed by atoms with Crippen LogP contribution in [0.5, 0.6) is 0 Å². The van der Waals surface area contributed by atoms with Crippen molar-refractivity contribution in [1.29, 1.82) is 0 Å². The number of hydrogen-bond acceptors (Lipinski definition) is 4. The quantitative estimate of drug-likeness (QED) is 0.876. The first-order valence-electron chi connectivity index (χ1n) is 6.92. The Balaban J connectivity index is 1.71. The molecular weight excluding hydrogens is 226 g/mol. The van der Waals surface area contributed by atoms with Crippen molar-refractivity contribution in [3.05, 3.63) is 24.0 Å². The maximum absolute atomic E-state index is 5.52. The Bertz CT molecular complexity index is 384. The molecule has 98 valence electrons. The van der Waals surface area contributed by atoms with Crippen molar-refractivity contribution in [2.45, 2.75) is 31.8 Å². The Kier molecular flexibility index (Phi) is 3.76. The fourth-order valence-electron chi connectivity index (χ4n) is 2.39. The van der Waals surface area contributed by atoms with Gasteiger partial charge in [0.25, 0.3) is 0 Å². The molecule has 1 saturated heterocycles. The first-order valence-corrected chi connectivity index (χ1v) is 6.92. The van der Waals surface area contributed by atoms with Gasteiger partial charge in [-0.05, 0) is 25.3 Å². The summed E-state index contributed by atoms with van der Waals surface area (Å²) in [6, 6.07) is 2.88. The average molecular weight is 247 g/mol.